The molecule has 0 aliphatic heterocycles. The molecule has 3 nitrogen and oxygen atoms in total. The summed E-state index contributed by atoms with van der Waals surface area (Å²) in [7, 11) is 0. The van der Waals surface area contributed by atoms with Crippen molar-refractivity contribution in [3.05, 3.63) is 12.4 Å². The lowest BCUT2D eigenvalue weighted by molar-refractivity contribution is 0.0730. The zero-order valence-corrected chi connectivity index (χ0v) is 13.2. The maximum atomic E-state index is 4.48. The smallest absolute Gasteiger partial charge is 0.203 e. The van der Waals surface area contributed by atoms with Gasteiger partial charge in [0.2, 0.25) is 5.95 Å². The normalized spacial score (nSPS) is 22.4. The average Bonchev–Trinajstić information content (AvgIpc) is 2.69. The van der Waals surface area contributed by atoms with Gasteiger partial charge in [-0.2, -0.15) is 0 Å². The van der Waals surface area contributed by atoms with Gasteiger partial charge >= 0.3 is 0 Å². The molecule has 0 saturated heterocycles. The largest absolute Gasteiger partial charge is 0.356 e. The number of imidazole rings is 1. The topological polar surface area (TPSA) is 29.9 Å². The predicted octanol–water partition coefficient (Wildman–Crippen LogP) is 4.48. The van der Waals surface area contributed by atoms with Gasteiger partial charge in [0, 0.05) is 25.0 Å². The van der Waals surface area contributed by atoms with Crippen LogP contribution in [0.15, 0.2) is 12.4 Å². The van der Waals surface area contributed by atoms with Crippen molar-refractivity contribution < 1.29 is 0 Å². The summed E-state index contributed by atoms with van der Waals surface area (Å²) in [5.74, 6) is 1.04. The van der Waals surface area contributed by atoms with Gasteiger partial charge in [0.25, 0.3) is 0 Å². The molecule has 1 aromatic rings. The van der Waals surface area contributed by atoms with Gasteiger partial charge in [0.05, 0.1) is 0 Å². The van der Waals surface area contributed by atoms with Crippen LogP contribution < -0.4 is 5.32 Å². The highest BCUT2D eigenvalue weighted by Crippen LogP contribution is 2.50. The van der Waals surface area contributed by atoms with E-state index in [1.165, 1.54) is 19.3 Å². The SMILES string of the molecule is CCCNc1nccn1C1CC(C)(C)CC(C)(C)C1. The number of anilines is 1. The van der Waals surface area contributed by atoms with Crippen molar-refractivity contribution in [1.82, 2.24) is 9.55 Å². The van der Waals surface area contributed by atoms with Gasteiger partial charge in [0.15, 0.2) is 0 Å². The molecule has 1 fully saturated rings. The Hall–Kier alpha value is -0.990. The summed E-state index contributed by atoms with van der Waals surface area (Å²) in [5, 5.41) is 3.45. The average molecular weight is 263 g/mol. The third-order valence-electron chi connectivity index (χ3n) is 4.13. The molecule has 2 rings (SSSR count). The van der Waals surface area contributed by atoms with Crippen molar-refractivity contribution in [1.29, 1.82) is 0 Å². The van der Waals surface area contributed by atoms with Crippen LogP contribution in [0.2, 0.25) is 0 Å². The highest BCUT2D eigenvalue weighted by molar-refractivity contribution is 5.26. The molecule has 0 radical (unpaired) electrons. The van der Waals surface area contributed by atoms with Crippen LogP contribution in [0.3, 0.4) is 0 Å². The quantitative estimate of drug-likeness (QED) is 0.868. The van der Waals surface area contributed by atoms with E-state index in [4.69, 9.17) is 0 Å². The second kappa shape index (κ2) is 5.18. The van der Waals surface area contributed by atoms with Crippen molar-refractivity contribution in [3.63, 3.8) is 0 Å². The molecule has 0 aromatic carbocycles. The summed E-state index contributed by atoms with van der Waals surface area (Å²) in [6.07, 6.45) is 8.99. The number of hydrogen-bond acceptors (Lipinski definition) is 2. The van der Waals surface area contributed by atoms with Gasteiger partial charge in [0.1, 0.15) is 0 Å². The van der Waals surface area contributed by atoms with E-state index in [1.807, 2.05) is 6.20 Å². The highest BCUT2D eigenvalue weighted by Gasteiger charge is 2.39. The van der Waals surface area contributed by atoms with E-state index >= 15 is 0 Å². The van der Waals surface area contributed by atoms with E-state index in [-0.39, 0.29) is 0 Å². The molecule has 19 heavy (non-hydrogen) atoms. The van der Waals surface area contributed by atoms with E-state index in [2.05, 4.69) is 55.7 Å². The van der Waals surface area contributed by atoms with Gasteiger partial charge in [-0.1, -0.05) is 34.6 Å². The monoisotopic (exact) mass is 263 g/mol. The molecule has 1 aromatic heterocycles. The maximum absolute atomic E-state index is 4.48. The Balaban J connectivity index is 2.19. The summed E-state index contributed by atoms with van der Waals surface area (Å²) < 4.78 is 2.36. The summed E-state index contributed by atoms with van der Waals surface area (Å²) in [5.41, 5.74) is 0.831. The summed E-state index contributed by atoms with van der Waals surface area (Å²) in [6.45, 7) is 12.8. The van der Waals surface area contributed by atoms with Crippen molar-refractivity contribution in [2.24, 2.45) is 10.8 Å². The van der Waals surface area contributed by atoms with Crippen LogP contribution in [0.4, 0.5) is 5.95 Å². The second-order valence-corrected chi connectivity index (χ2v) is 7.65. The van der Waals surface area contributed by atoms with Gasteiger partial charge in [-0.05, 0) is 36.5 Å². The van der Waals surface area contributed by atoms with E-state index in [0.29, 0.717) is 16.9 Å². The van der Waals surface area contributed by atoms with Crippen LogP contribution in [0.5, 0.6) is 0 Å². The number of rotatable bonds is 4. The van der Waals surface area contributed by atoms with E-state index in [0.717, 1.165) is 18.9 Å². The fourth-order valence-corrected chi connectivity index (χ4v) is 3.97. The van der Waals surface area contributed by atoms with Gasteiger partial charge in [-0.25, -0.2) is 4.98 Å². The summed E-state index contributed by atoms with van der Waals surface area (Å²) in [6, 6.07) is 0.570. The number of nitrogens with one attached hydrogen (secondary N) is 1. The molecule has 3 heteroatoms. The second-order valence-electron chi connectivity index (χ2n) is 7.65. The lowest BCUT2D eigenvalue weighted by Gasteiger charge is -2.45. The van der Waals surface area contributed by atoms with Crippen molar-refractivity contribution in [3.8, 4) is 0 Å². The predicted molar refractivity (Wildman–Crippen MR) is 81.5 cm³/mol. The molecule has 0 bridgehead atoms. The first kappa shape index (κ1) is 14.4. The molecule has 108 valence electrons. The summed E-state index contributed by atoms with van der Waals surface area (Å²) >= 11 is 0. The molecular weight excluding hydrogens is 234 g/mol. The molecule has 1 heterocycles. The lowest BCUT2D eigenvalue weighted by Crippen LogP contribution is -2.35. The minimum Gasteiger partial charge on any atom is -0.356 e. The van der Waals surface area contributed by atoms with Crippen LogP contribution >= 0.6 is 0 Å². The minimum absolute atomic E-state index is 0.415. The minimum atomic E-state index is 0.415. The van der Waals surface area contributed by atoms with E-state index in [9.17, 15) is 0 Å². The Morgan fingerprint density at radius 1 is 1.26 bits per heavy atom. The van der Waals surface area contributed by atoms with Gasteiger partial charge < -0.3 is 9.88 Å². The Bertz CT molecular complexity index is 401. The molecule has 1 N–H and O–H groups in total. The fourth-order valence-electron chi connectivity index (χ4n) is 3.97. The number of aromatic nitrogens is 2. The van der Waals surface area contributed by atoms with Crippen LogP contribution in [0.1, 0.15) is 66.3 Å². The zero-order chi connectivity index (χ0) is 14.1. The van der Waals surface area contributed by atoms with Crippen molar-refractivity contribution >= 4 is 5.95 Å². The van der Waals surface area contributed by atoms with E-state index in [1.54, 1.807) is 0 Å². The number of hydrogen-bond donors (Lipinski definition) is 1. The molecular formula is C16H29N3. The standard InChI is InChI=1S/C16H29N3/c1-6-7-17-14-18-8-9-19(14)13-10-15(2,3)12-16(4,5)11-13/h8-9,13H,6-7,10-12H2,1-5H3,(H,17,18). The van der Waals surface area contributed by atoms with Crippen LogP contribution in [-0.4, -0.2) is 16.1 Å². The first-order chi connectivity index (χ1) is 8.83. The number of nitrogens with zero attached hydrogens (tertiary/aromatic N) is 2. The molecule has 0 atom stereocenters. The Morgan fingerprint density at radius 3 is 2.47 bits per heavy atom. The van der Waals surface area contributed by atoms with Crippen LogP contribution in [0, 0.1) is 10.8 Å². The first-order valence-corrected chi connectivity index (χ1v) is 7.60. The molecule has 0 spiro atoms. The highest BCUT2D eigenvalue weighted by atomic mass is 15.2. The summed E-state index contributed by atoms with van der Waals surface area (Å²) in [4.78, 5) is 4.48. The third kappa shape index (κ3) is 3.52. The molecule has 1 saturated carbocycles. The van der Waals surface area contributed by atoms with Gasteiger partial charge in [-0.15, -0.1) is 0 Å². The van der Waals surface area contributed by atoms with Crippen molar-refractivity contribution in [2.75, 3.05) is 11.9 Å². The lowest BCUT2D eigenvalue weighted by atomic mass is 9.63. The first-order valence-electron chi connectivity index (χ1n) is 7.60. The zero-order valence-electron chi connectivity index (χ0n) is 13.2. The maximum Gasteiger partial charge on any atom is 0.203 e. The Labute approximate surface area is 117 Å². The molecule has 1 aliphatic carbocycles. The Morgan fingerprint density at radius 2 is 1.89 bits per heavy atom. The fraction of sp³-hybridized carbons (Fsp3) is 0.812. The Kier molecular flexibility index (Phi) is 3.93. The molecule has 0 amide bonds. The van der Waals surface area contributed by atoms with Crippen molar-refractivity contribution in [2.45, 2.75) is 66.3 Å². The molecule has 1 aliphatic rings. The third-order valence-corrected chi connectivity index (χ3v) is 4.13. The van der Waals surface area contributed by atoms with Gasteiger partial charge in [-0.3, -0.25) is 0 Å². The van der Waals surface area contributed by atoms with Crippen LogP contribution in [0.25, 0.3) is 0 Å². The molecule has 0 unspecified atom stereocenters. The van der Waals surface area contributed by atoms with E-state index < -0.39 is 0 Å². The van der Waals surface area contributed by atoms with Crippen LogP contribution in [-0.2, 0) is 0 Å².